The second kappa shape index (κ2) is 10.5. The van der Waals surface area contributed by atoms with Crippen molar-refractivity contribution in [2.45, 2.75) is 45.2 Å². The Morgan fingerprint density at radius 3 is 2.48 bits per heavy atom. The summed E-state index contributed by atoms with van der Waals surface area (Å²) >= 11 is 0. The fraction of sp³-hybridized carbons (Fsp3) is 0.667. The van der Waals surface area contributed by atoms with Gasteiger partial charge in [-0.1, -0.05) is 18.2 Å². The molecule has 0 aliphatic carbocycles. The van der Waals surface area contributed by atoms with Gasteiger partial charge < -0.3 is 20.7 Å². The summed E-state index contributed by atoms with van der Waals surface area (Å²) < 4.78 is 5.62. The van der Waals surface area contributed by atoms with Crippen molar-refractivity contribution in [1.29, 1.82) is 0 Å². The highest BCUT2D eigenvalue weighted by Crippen LogP contribution is 2.31. The van der Waals surface area contributed by atoms with Crippen molar-refractivity contribution in [3.8, 4) is 5.75 Å². The highest BCUT2D eigenvalue weighted by Gasteiger charge is 2.26. The van der Waals surface area contributed by atoms with Gasteiger partial charge in [0.25, 0.3) is 0 Å². The Kier molecular flexibility index (Phi) is 8.38. The molecule has 152 valence electrons. The molecule has 1 fully saturated rings. The molecule has 0 saturated carbocycles. The summed E-state index contributed by atoms with van der Waals surface area (Å²) in [7, 11) is 3.57. The fourth-order valence-electron chi connectivity index (χ4n) is 3.46. The minimum Gasteiger partial charge on any atom is -0.496 e. The Bertz CT molecular complexity index is 590. The lowest BCUT2D eigenvalue weighted by Gasteiger charge is -2.30. The molecule has 6 heteroatoms. The van der Waals surface area contributed by atoms with Crippen LogP contribution in [0.4, 0.5) is 0 Å². The summed E-state index contributed by atoms with van der Waals surface area (Å²) in [5.41, 5.74) is 1.36. The van der Waals surface area contributed by atoms with Crippen LogP contribution in [0.25, 0.3) is 0 Å². The van der Waals surface area contributed by atoms with E-state index in [0.29, 0.717) is 0 Å². The molecule has 0 spiro atoms. The molecule has 1 aromatic rings. The normalized spacial score (nSPS) is 17.0. The zero-order valence-electron chi connectivity index (χ0n) is 17.6. The lowest BCUT2D eigenvalue weighted by atomic mass is 10.0. The van der Waals surface area contributed by atoms with E-state index in [2.05, 4.69) is 58.7 Å². The lowest BCUT2D eigenvalue weighted by molar-refractivity contribution is 0.239. The first-order valence-electron chi connectivity index (χ1n) is 10.0. The first kappa shape index (κ1) is 21.5. The molecule has 0 aromatic heterocycles. The van der Waals surface area contributed by atoms with Crippen LogP contribution in [0, 0.1) is 0 Å². The van der Waals surface area contributed by atoms with E-state index in [1.807, 2.05) is 19.2 Å². The third-order valence-electron chi connectivity index (χ3n) is 4.84. The fourth-order valence-corrected chi connectivity index (χ4v) is 3.46. The molecule has 1 heterocycles. The van der Waals surface area contributed by atoms with Crippen LogP contribution in [0.15, 0.2) is 29.3 Å². The molecule has 6 nitrogen and oxygen atoms in total. The topological polar surface area (TPSA) is 60.9 Å². The molecule has 2 rings (SSSR count). The average Bonchev–Trinajstić information content (AvgIpc) is 3.17. The molecular formula is C21H37N5O. The second-order valence-electron chi connectivity index (χ2n) is 8.06. The second-order valence-corrected chi connectivity index (χ2v) is 8.06. The minimum absolute atomic E-state index is 0.128. The van der Waals surface area contributed by atoms with Crippen LogP contribution in [0.2, 0.25) is 0 Å². The Hall–Kier alpha value is -1.79. The molecular weight excluding hydrogens is 338 g/mol. The van der Waals surface area contributed by atoms with E-state index in [1.165, 1.54) is 18.4 Å². The SMILES string of the molecule is CN=C(NCCNC(C)(C)C)NCC(c1ccccc1OC)N1CCCC1. The van der Waals surface area contributed by atoms with Gasteiger partial charge in [0, 0.05) is 37.8 Å². The number of benzene rings is 1. The van der Waals surface area contributed by atoms with E-state index in [4.69, 9.17) is 4.74 Å². The van der Waals surface area contributed by atoms with Crippen molar-refractivity contribution in [2.75, 3.05) is 46.9 Å². The number of para-hydroxylation sites is 1. The van der Waals surface area contributed by atoms with Crippen LogP contribution in [0.1, 0.15) is 45.2 Å². The summed E-state index contributed by atoms with van der Waals surface area (Å²) in [4.78, 5) is 6.91. The van der Waals surface area contributed by atoms with Gasteiger partial charge in [-0.3, -0.25) is 9.89 Å². The van der Waals surface area contributed by atoms with Gasteiger partial charge in [-0.05, 0) is 52.8 Å². The number of nitrogens with one attached hydrogen (secondary N) is 3. The quantitative estimate of drug-likeness (QED) is 0.370. The zero-order valence-corrected chi connectivity index (χ0v) is 17.6. The Balaban J connectivity index is 1.96. The molecule has 1 aromatic carbocycles. The molecule has 1 atom stereocenters. The van der Waals surface area contributed by atoms with E-state index >= 15 is 0 Å². The smallest absolute Gasteiger partial charge is 0.191 e. The van der Waals surface area contributed by atoms with Crippen molar-refractivity contribution < 1.29 is 4.74 Å². The lowest BCUT2D eigenvalue weighted by Crippen LogP contribution is -2.46. The highest BCUT2D eigenvalue weighted by atomic mass is 16.5. The number of nitrogens with zero attached hydrogens (tertiary/aromatic N) is 2. The van der Waals surface area contributed by atoms with Gasteiger partial charge in [0.1, 0.15) is 5.75 Å². The van der Waals surface area contributed by atoms with E-state index in [0.717, 1.165) is 44.4 Å². The molecule has 3 N–H and O–H groups in total. The maximum absolute atomic E-state index is 5.62. The predicted molar refractivity (Wildman–Crippen MR) is 114 cm³/mol. The number of hydrogen-bond acceptors (Lipinski definition) is 4. The highest BCUT2D eigenvalue weighted by molar-refractivity contribution is 5.79. The van der Waals surface area contributed by atoms with Gasteiger partial charge in [0.05, 0.1) is 13.2 Å². The third kappa shape index (κ3) is 7.03. The molecule has 1 aliphatic rings. The standard InChI is InChI=1S/C21H37N5O/c1-21(2,3)25-13-12-23-20(22-4)24-16-18(26-14-8-9-15-26)17-10-6-7-11-19(17)27-5/h6-7,10-11,18,25H,8-9,12-16H2,1-5H3,(H2,22,23,24). The number of methoxy groups -OCH3 is 1. The van der Waals surface area contributed by atoms with Gasteiger partial charge in [-0.15, -0.1) is 0 Å². The molecule has 1 saturated heterocycles. The maximum Gasteiger partial charge on any atom is 0.191 e. The largest absolute Gasteiger partial charge is 0.496 e. The number of hydrogen-bond donors (Lipinski definition) is 3. The van der Waals surface area contributed by atoms with Crippen LogP contribution in [0.5, 0.6) is 5.75 Å². The van der Waals surface area contributed by atoms with Gasteiger partial charge in [-0.2, -0.15) is 0 Å². The van der Waals surface area contributed by atoms with E-state index in [1.54, 1.807) is 7.11 Å². The van der Waals surface area contributed by atoms with Gasteiger partial charge in [0.2, 0.25) is 0 Å². The number of guanidine groups is 1. The van der Waals surface area contributed by atoms with Crippen molar-refractivity contribution in [3.63, 3.8) is 0 Å². The first-order chi connectivity index (χ1) is 12.9. The molecule has 0 amide bonds. The van der Waals surface area contributed by atoms with Crippen LogP contribution >= 0.6 is 0 Å². The van der Waals surface area contributed by atoms with Crippen LogP contribution in [-0.2, 0) is 0 Å². The summed E-state index contributed by atoms with van der Waals surface area (Å²) in [5, 5.41) is 10.4. The van der Waals surface area contributed by atoms with Crippen molar-refractivity contribution >= 4 is 5.96 Å². The third-order valence-corrected chi connectivity index (χ3v) is 4.84. The van der Waals surface area contributed by atoms with Crippen molar-refractivity contribution in [1.82, 2.24) is 20.9 Å². The predicted octanol–water partition coefficient (Wildman–Crippen LogP) is 2.39. The number of rotatable bonds is 8. The van der Waals surface area contributed by atoms with Crippen molar-refractivity contribution in [3.05, 3.63) is 29.8 Å². The van der Waals surface area contributed by atoms with Crippen LogP contribution < -0.4 is 20.7 Å². The average molecular weight is 376 g/mol. The molecule has 1 unspecified atom stereocenters. The molecule has 0 radical (unpaired) electrons. The van der Waals surface area contributed by atoms with E-state index < -0.39 is 0 Å². The van der Waals surface area contributed by atoms with Crippen LogP contribution in [-0.4, -0.2) is 63.3 Å². The Morgan fingerprint density at radius 2 is 1.85 bits per heavy atom. The zero-order chi connectivity index (χ0) is 19.7. The number of likely N-dealkylation sites (tertiary alicyclic amines) is 1. The maximum atomic E-state index is 5.62. The number of aliphatic imine (C=N–C) groups is 1. The van der Waals surface area contributed by atoms with Gasteiger partial charge in [0.15, 0.2) is 5.96 Å². The summed E-state index contributed by atoms with van der Waals surface area (Å²) in [5.74, 6) is 1.79. The Labute approximate surface area is 164 Å². The Morgan fingerprint density at radius 1 is 1.15 bits per heavy atom. The monoisotopic (exact) mass is 375 g/mol. The molecule has 1 aliphatic heterocycles. The summed E-state index contributed by atoms with van der Waals surface area (Å²) in [6.07, 6.45) is 2.52. The van der Waals surface area contributed by atoms with Gasteiger partial charge in [-0.25, -0.2) is 0 Å². The number of ether oxygens (including phenoxy) is 1. The van der Waals surface area contributed by atoms with E-state index in [-0.39, 0.29) is 11.6 Å². The first-order valence-corrected chi connectivity index (χ1v) is 10.0. The van der Waals surface area contributed by atoms with Crippen molar-refractivity contribution in [2.24, 2.45) is 4.99 Å². The summed E-state index contributed by atoms with van der Waals surface area (Å²) in [6.45, 7) is 11.3. The summed E-state index contributed by atoms with van der Waals surface area (Å²) in [6, 6.07) is 8.61. The molecule has 27 heavy (non-hydrogen) atoms. The molecule has 0 bridgehead atoms. The van der Waals surface area contributed by atoms with Gasteiger partial charge >= 0.3 is 0 Å². The van der Waals surface area contributed by atoms with E-state index in [9.17, 15) is 0 Å². The minimum atomic E-state index is 0.128. The van der Waals surface area contributed by atoms with Crippen LogP contribution in [0.3, 0.4) is 0 Å².